The third-order valence-corrected chi connectivity index (χ3v) is 3.56. The van der Waals surface area contributed by atoms with Gasteiger partial charge in [0, 0.05) is 29.7 Å². The van der Waals surface area contributed by atoms with E-state index in [4.69, 9.17) is 4.74 Å². The van der Waals surface area contributed by atoms with Crippen molar-refractivity contribution in [2.24, 2.45) is 0 Å². The highest BCUT2D eigenvalue weighted by Gasteiger charge is 2.21. The zero-order valence-electron chi connectivity index (χ0n) is 11.3. The maximum absolute atomic E-state index is 11.3. The van der Waals surface area contributed by atoms with E-state index >= 15 is 0 Å². The second-order valence-corrected chi connectivity index (χ2v) is 5.74. The smallest absolute Gasteiger partial charge is 0.257 e. The fourth-order valence-corrected chi connectivity index (χ4v) is 2.51. The molecule has 0 saturated heterocycles. The van der Waals surface area contributed by atoms with Crippen LogP contribution in [0, 0.1) is 6.92 Å². The van der Waals surface area contributed by atoms with Crippen LogP contribution in [0.5, 0.6) is 5.75 Å². The van der Waals surface area contributed by atoms with Crippen LogP contribution in [0.1, 0.15) is 24.0 Å². The quantitative estimate of drug-likeness (QED) is 0.842. The summed E-state index contributed by atoms with van der Waals surface area (Å²) in [5.74, 6) is 0.684. The molecular weight excluding hydrogens is 308 g/mol. The lowest BCUT2D eigenvalue weighted by atomic mass is 10.1. The first kappa shape index (κ1) is 14.3. The average molecular weight is 327 g/mol. The molecule has 0 atom stereocenters. The van der Waals surface area contributed by atoms with E-state index in [0.717, 1.165) is 27.9 Å². The van der Waals surface area contributed by atoms with Gasteiger partial charge in [0.05, 0.1) is 0 Å². The third kappa shape index (κ3) is 4.21. The van der Waals surface area contributed by atoms with Gasteiger partial charge in [-0.15, -0.1) is 0 Å². The first-order valence-corrected chi connectivity index (χ1v) is 7.25. The first-order valence-electron chi connectivity index (χ1n) is 6.46. The molecule has 0 spiro atoms. The van der Waals surface area contributed by atoms with E-state index < -0.39 is 0 Å². The number of ether oxygens (including phenoxy) is 1. The number of rotatable bonds is 6. The van der Waals surface area contributed by atoms with Crippen molar-refractivity contribution in [2.75, 3.05) is 13.7 Å². The molecule has 0 aliphatic heterocycles. The number of amides is 1. The van der Waals surface area contributed by atoms with Crippen LogP contribution in [0.4, 0.5) is 0 Å². The Balaban J connectivity index is 2.10. The number of benzene rings is 1. The summed E-state index contributed by atoms with van der Waals surface area (Å²) >= 11 is 3.50. The van der Waals surface area contributed by atoms with Crippen LogP contribution in [0.3, 0.4) is 0 Å². The Morgan fingerprint density at radius 3 is 2.84 bits per heavy atom. The van der Waals surface area contributed by atoms with Crippen molar-refractivity contribution in [1.29, 1.82) is 0 Å². The number of hydrogen-bond donors (Lipinski definition) is 2. The zero-order valence-corrected chi connectivity index (χ0v) is 12.8. The van der Waals surface area contributed by atoms with Crippen LogP contribution in [-0.2, 0) is 11.3 Å². The van der Waals surface area contributed by atoms with Crippen molar-refractivity contribution in [3.8, 4) is 5.75 Å². The van der Waals surface area contributed by atoms with Gasteiger partial charge in [0.15, 0.2) is 6.61 Å². The number of carbonyl (C=O) groups is 1. The molecule has 0 radical (unpaired) electrons. The summed E-state index contributed by atoms with van der Waals surface area (Å²) in [4.78, 5) is 11.3. The van der Waals surface area contributed by atoms with Gasteiger partial charge in [0.2, 0.25) is 0 Å². The predicted octanol–water partition coefficient (Wildman–Crippen LogP) is 2.13. The molecule has 0 aromatic heterocycles. The van der Waals surface area contributed by atoms with Crippen LogP contribution in [0.2, 0.25) is 0 Å². The third-order valence-electron chi connectivity index (χ3n) is 3.10. The highest BCUT2D eigenvalue weighted by atomic mass is 79.9. The molecule has 2 N–H and O–H groups in total. The van der Waals surface area contributed by atoms with Crippen LogP contribution >= 0.6 is 15.9 Å². The Hall–Kier alpha value is -1.07. The van der Waals surface area contributed by atoms with Crippen molar-refractivity contribution in [3.63, 3.8) is 0 Å². The van der Waals surface area contributed by atoms with Crippen molar-refractivity contribution in [3.05, 3.63) is 27.7 Å². The second-order valence-electron chi connectivity index (χ2n) is 4.83. The maximum atomic E-state index is 11.3. The van der Waals surface area contributed by atoms with Gasteiger partial charge in [-0.05, 0) is 37.5 Å². The Morgan fingerprint density at radius 2 is 2.21 bits per heavy atom. The summed E-state index contributed by atoms with van der Waals surface area (Å²) in [7, 11) is 1.61. The standard InChI is InChI=1S/C14H19BrN2O2/c1-9-5-11(15)6-10(7-17-12-3-4-12)14(9)19-8-13(18)16-2/h5-6,12,17H,3-4,7-8H2,1-2H3,(H,16,18). The van der Waals surface area contributed by atoms with Crippen molar-refractivity contribution in [2.45, 2.75) is 32.4 Å². The number of aryl methyl sites for hydroxylation is 1. The highest BCUT2D eigenvalue weighted by Crippen LogP contribution is 2.29. The second kappa shape index (κ2) is 6.39. The molecule has 5 heteroatoms. The van der Waals surface area contributed by atoms with Gasteiger partial charge in [-0.25, -0.2) is 0 Å². The van der Waals surface area contributed by atoms with Crippen molar-refractivity contribution in [1.82, 2.24) is 10.6 Å². The lowest BCUT2D eigenvalue weighted by Gasteiger charge is -2.15. The van der Waals surface area contributed by atoms with E-state index in [-0.39, 0.29) is 12.5 Å². The number of hydrogen-bond acceptors (Lipinski definition) is 3. The fourth-order valence-electron chi connectivity index (χ4n) is 1.89. The van der Waals surface area contributed by atoms with Gasteiger partial charge in [-0.2, -0.15) is 0 Å². The number of halogens is 1. The summed E-state index contributed by atoms with van der Waals surface area (Å²) in [6.07, 6.45) is 2.50. The van der Waals surface area contributed by atoms with E-state index in [2.05, 4.69) is 26.6 Å². The topological polar surface area (TPSA) is 50.4 Å². The maximum Gasteiger partial charge on any atom is 0.257 e. The summed E-state index contributed by atoms with van der Waals surface area (Å²) in [6.45, 7) is 2.81. The summed E-state index contributed by atoms with van der Waals surface area (Å²) in [6, 6.07) is 4.69. The fraction of sp³-hybridized carbons (Fsp3) is 0.500. The molecular formula is C14H19BrN2O2. The molecule has 0 unspecified atom stereocenters. The minimum atomic E-state index is -0.122. The minimum absolute atomic E-state index is 0.0510. The SMILES string of the molecule is CNC(=O)COc1c(C)cc(Br)cc1CNC1CC1. The van der Waals surface area contributed by atoms with E-state index in [1.807, 2.05) is 19.1 Å². The van der Waals surface area contributed by atoms with Crippen molar-refractivity contribution >= 4 is 21.8 Å². The number of carbonyl (C=O) groups excluding carboxylic acids is 1. The largest absolute Gasteiger partial charge is 0.483 e. The van der Waals surface area contributed by atoms with E-state index in [1.54, 1.807) is 7.05 Å². The van der Waals surface area contributed by atoms with Gasteiger partial charge in [-0.3, -0.25) is 4.79 Å². The molecule has 1 amide bonds. The van der Waals surface area contributed by atoms with Gasteiger partial charge >= 0.3 is 0 Å². The Bertz CT molecular complexity index is 473. The minimum Gasteiger partial charge on any atom is -0.483 e. The van der Waals surface area contributed by atoms with Crippen LogP contribution < -0.4 is 15.4 Å². The van der Waals surface area contributed by atoms with E-state index in [1.165, 1.54) is 12.8 Å². The Labute approximate surface area is 122 Å². The first-order chi connectivity index (χ1) is 9.10. The van der Waals surface area contributed by atoms with Gasteiger partial charge in [-0.1, -0.05) is 15.9 Å². The molecule has 104 valence electrons. The summed E-state index contributed by atoms with van der Waals surface area (Å²) < 4.78 is 6.69. The van der Waals surface area contributed by atoms with Crippen LogP contribution in [0.25, 0.3) is 0 Å². The lowest BCUT2D eigenvalue weighted by molar-refractivity contribution is -0.122. The highest BCUT2D eigenvalue weighted by molar-refractivity contribution is 9.10. The van der Waals surface area contributed by atoms with Crippen LogP contribution in [-0.4, -0.2) is 25.6 Å². The Morgan fingerprint density at radius 1 is 1.47 bits per heavy atom. The predicted molar refractivity (Wildman–Crippen MR) is 78.3 cm³/mol. The molecule has 2 rings (SSSR count). The molecule has 1 fully saturated rings. The molecule has 1 aliphatic carbocycles. The van der Waals surface area contributed by atoms with Gasteiger partial charge < -0.3 is 15.4 Å². The zero-order chi connectivity index (χ0) is 13.8. The number of likely N-dealkylation sites (N-methyl/N-ethyl adjacent to an activating group) is 1. The molecule has 1 aliphatic rings. The van der Waals surface area contributed by atoms with Crippen LogP contribution in [0.15, 0.2) is 16.6 Å². The van der Waals surface area contributed by atoms with E-state index in [0.29, 0.717) is 6.04 Å². The van der Waals surface area contributed by atoms with E-state index in [9.17, 15) is 4.79 Å². The Kier molecular flexibility index (Phi) is 4.82. The monoisotopic (exact) mass is 326 g/mol. The molecule has 1 saturated carbocycles. The molecule has 0 bridgehead atoms. The van der Waals surface area contributed by atoms with Gasteiger partial charge in [0.25, 0.3) is 5.91 Å². The average Bonchev–Trinajstić information content (AvgIpc) is 3.18. The number of nitrogens with one attached hydrogen (secondary N) is 2. The van der Waals surface area contributed by atoms with Gasteiger partial charge in [0.1, 0.15) is 5.75 Å². The molecule has 4 nitrogen and oxygen atoms in total. The van der Waals surface area contributed by atoms with Crippen molar-refractivity contribution < 1.29 is 9.53 Å². The molecule has 19 heavy (non-hydrogen) atoms. The summed E-state index contributed by atoms with van der Waals surface area (Å²) in [5, 5.41) is 6.02. The normalized spacial score (nSPS) is 14.3. The molecule has 0 heterocycles. The molecule has 1 aromatic rings. The molecule has 1 aromatic carbocycles. The lowest BCUT2D eigenvalue weighted by Crippen LogP contribution is -2.25. The summed E-state index contributed by atoms with van der Waals surface area (Å²) in [5.41, 5.74) is 2.12.